The fourth-order valence-corrected chi connectivity index (χ4v) is 1.33. The van der Waals surface area contributed by atoms with E-state index in [0.717, 1.165) is 20.6 Å². The third-order valence-electron chi connectivity index (χ3n) is 2.79. The minimum Gasteiger partial charge on any atom is -0.623 e. The van der Waals surface area contributed by atoms with Crippen LogP contribution in [0.25, 0.3) is 0 Å². The second-order valence-corrected chi connectivity index (χ2v) is 6.92. The Labute approximate surface area is 121 Å². The van der Waals surface area contributed by atoms with E-state index in [1.54, 1.807) is 12.4 Å². The highest BCUT2D eigenvalue weighted by Gasteiger charge is 2.19. The van der Waals surface area contributed by atoms with Crippen molar-refractivity contribution in [3.8, 4) is 0 Å². The largest absolute Gasteiger partial charge is 0.623 e. The van der Waals surface area contributed by atoms with Crippen LogP contribution in [0, 0.1) is 10.4 Å². The first kappa shape index (κ1) is 16.2. The summed E-state index contributed by atoms with van der Waals surface area (Å²) in [6.45, 7) is 11.2. The van der Waals surface area contributed by atoms with Crippen molar-refractivity contribution >= 4 is 12.4 Å². The van der Waals surface area contributed by atoms with Crippen molar-refractivity contribution in [1.29, 1.82) is 0 Å². The van der Waals surface area contributed by atoms with Crippen molar-refractivity contribution in [2.75, 3.05) is 0 Å². The number of hydrogen-bond donors (Lipinski definition) is 0. The summed E-state index contributed by atoms with van der Waals surface area (Å²) in [5.41, 5.74) is 0.728. The quantitative estimate of drug-likeness (QED) is 0.360. The van der Waals surface area contributed by atoms with E-state index < -0.39 is 11.1 Å². The Bertz CT molecular complexity index is 466. The first-order valence-corrected chi connectivity index (χ1v) is 6.73. The summed E-state index contributed by atoms with van der Waals surface area (Å²) < 4.78 is 1.86. The second kappa shape index (κ2) is 5.65. The van der Waals surface area contributed by atoms with E-state index in [2.05, 4.69) is 0 Å². The minimum atomic E-state index is -0.456. The lowest BCUT2D eigenvalue weighted by Crippen LogP contribution is -2.29. The van der Waals surface area contributed by atoms with E-state index in [1.807, 2.05) is 65.8 Å². The minimum absolute atomic E-state index is 0.456. The molecule has 0 atom stereocenters. The molecule has 0 aliphatic carbocycles. The summed E-state index contributed by atoms with van der Waals surface area (Å²) in [4.78, 5) is 0. The number of benzene rings is 1. The van der Waals surface area contributed by atoms with E-state index in [1.165, 1.54) is 0 Å². The molecule has 0 aliphatic rings. The first-order valence-electron chi connectivity index (χ1n) is 6.73. The average molecular weight is 276 g/mol. The maximum absolute atomic E-state index is 11.8. The van der Waals surface area contributed by atoms with Crippen molar-refractivity contribution in [2.45, 2.75) is 52.6 Å². The lowest BCUT2D eigenvalue weighted by atomic mass is 10.1. The van der Waals surface area contributed by atoms with E-state index in [0.29, 0.717) is 0 Å². The molecule has 0 unspecified atom stereocenters. The second-order valence-electron chi connectivity index (χ2n) is 6.92. The Morgan fingerprint density at radius 3 is 1.15 bits per heavy atom. The molecule has 0 saturated heterocycles. The van der Waals surface area contributed by atoms with Crippen molar-refractivity contribution in [1.82, 2.24) is 0 Å². The van der Waals surface area contributed by atoms with Crippen molar-refractivity contribution in [2.24, 2.45) is 0 Å². The molecule has 20 heavy (non-hydrogen) atoms. The molecule has 1 rings (SSSR count). The Kier molecular flexibility index (Phi) is 4.58. The van der Waals surface area contributed by atoms with E-state index in [-0.39, 0.29) is 0 Å². The van der Waals surface area contributed by atoms with E-state index in [4.69, 9.17) is 0 Å². The lowest BCUT2D eigenvalue weighted by molar-refractivity contribution is -0.531. The topological polar surface area (TPSA) is 52.1 Å². The van der Waals surface area contributed by atoms with Crippen LogP contribution in [0.5, 0.6) is 0 Å². The highest BCUT2D eigenvalue weighted by molar-refractivity contribution is 5.80. The molecule has 0 bridgehead atoms. The maximum atomic E-state index is 11.8. The van der Waals surface area contributed by atoms with Crippen LogP contribution in [-0.4, -0.2) is 33.0 Å². The van der Waals surface area contributed by atoms with Crippen LogP contribution in [0.2, 0.25) is 0 Å². The highest BCUT2D eigenvalue weighted by atomic mass is 16.5. The van der Waals surface area contributed by atoms with Crippen LogP contribution in [0.15, 0.2) is 24.3 Å². The average Bonchev–Trinajstić information content (AvgIpc) is 2.29. The summed E-state index contributed by atoms with van der Waals surface area (Å²) in [5, 5.41) is 23.6. The van der Waals surface area contributed by atoms with Gasteiger partial charge in [0.1, 0.15) is 0 Å². The number of hydroxylamine groups is 2. The van der Waals surface area contributed by atoms with Gasteiger partial charge in [0.05, 0.1) is 0 Å². The van der Waals surface area contributed by atoms with Crippen LogP contribution in [-0.2, 0) is 0 Å². The SMILES string of the molecule is CC(C)(C)/[N+]([O-])=C/c1ccc(/C=[N+](\[O-])C(C)(C)C)cc1. The molecule has 0 amide bonds. The molecule has 0 radical (unpaired) electrons. The normalized spacial score (nSPS) is 14.5. The molecule has 1 aromatic carbocycles. The summed E-state index contributed by atoms with van der Waals surface area (Å²) in [7, 11) is 0. The summed E-state index contributed by atoms with van der Waals surface area (Å²) in [6, 6.07) is 7.33. The maximum Gasteiger partial charge on any atom is 0.182 e. The van der Waals surface area contributed by atoms with Crippen LogP contribution in [0.4, 0.5) is 0 Å². The molecule has 0 saturated carbocycles. The van der Waals surface area contributed by atoms with Crippen molar-refractivity contribution < 1.29 is 9.48 Å². The first-order chi connectivity index (χ1) is 9.00. The molecule has 0 heterocycles. The number of hydrogen-bond acceptors (Lipinski definition) is 2. The molecular formula is C16H24N2O2. The van der Waals surface area contributed by atoms with Gasteiger partial charge < -0.3 is 10.4 Å². The molecule has 4 heteroatoms. The van der Waals surface area contributed by atoms with Gasteiger partial charge in [-0.25, -0.2) is 9.48 Å². The van der Waals surface area contributed by atoms with Gasteiger partial charge >= 0.3 is 0 Å². The standard InChI is InChI=1S/C16H24N2O2/c1-15(2,3)17(19)11-13-7-9-14(10-8-13)12-18(20)16(4,5)6/h7-12H,1-6H3/b17-11-,18-12-. The van der Waals surface area contributed by atoms with Gasteiger partial charge in [0.15, 0.2) is 23.5 Å². The smallest absolute Gasteiger partial charge is 0.182 e. The van der Waals surface area contributed by atoms with Crippen molar-refractivity contribution in [3.63, 3.8) is 0 Å². The third-order valence-corrected chi connectivity index (χ3v) is 2.79. The zero-order valence-electron chi connectivity index (χ0n) is 13.2. The molecule has 0 spiro atoms. The van der Waals surface area contributed by atoms with Gasteiger partial charge in [-0.05, 0) is 24.3 Å². The fraction of sp³-hybridized carbons (Fsp3) is 0.500. The molecule has 4 nitrogen and oxygen atoms in total. The Morgan fingerprint density at radius 1 is 0.700 bits per heavy atom. The van der Waals surface area contributed by atoms with Crippen LogP contribution in [0.1, 0.15) is 52.7 Å². The Balaban J connectivity index is 2.96. The van der Waals surface area contributed by atoms with Gasteiger partial charge in [0.2, 0.25) is 0 Å². The van der Waals surface area contributed by atoms with Gasteiger partial charge in [-0.15, -0.1) is 0 Å². The predicted octanol–water partition coefficient (Wildman–Crippen LogP) is 3.14. The predicted molar refractivity (Wildman–Crippen MR) is 83.5 cm³/mol. The van der Waals surface area contributed by atoms with Crippen LogP contribution < -0.4 is 0 Å². The number of nitrogens with zero attached hydrogens (tertiary/aromatic N) is 2. The van der Waals surface area contributed by atoms with Gasteiger partial charge in [-0.1, -0.05) is 0 Å². The third kappa shape index (κ3) is 4.68. The molecule has 0 N–H and O–H groups in total. The molecule has 1 aromatic rings. The number of rotatable bonds is 2. The Hall–Kier alpha value is -1.84. The summed E-state index contributed by atoms with van der Waals surface area (Å²) in [5.74, 6) is 0. The molecule has 110 valence electrons. The van der Waals surface area contributed by atoms with Gasteiger partial charge in [0, 0.05) is 52.7 Å². The van der Waals surface area contributed by atoms with Gasteiger partial charge in [0.25, 0.3) is 0 Å². The summed E-state index contributed by atoms with van der Waals surface area (Å²) >= 11 is 0. The monoisotopic (exact) mass is 276 g/mol. The molecule has 0 aliphatic heterocycles. The molecule has 0 fully saturated rings. The lowest BCUT2D eigenvalue weighted by Gasteiger charge is -2.19. The van der Waals surface area contributed by atoms with Crippen molar-refractivity contribution in [3.05, 3.63) is 45.8 Å². The zero-order chi connectivity index (χ0) is 15.6. The zero-order valence-corrected chi connectivity index (χ0v) is 13.2. The van der Waals surface area contributed by atoms with Crippen LogP contribution >= 0.6 is 0 Å². The van der Waals surface area contributed by atoms with Crippen LogP contribution in [0.3, 0.4) is 0 Å². The van der Waals surface area contributed by atoms with E-state index >= 15 is 0 Å². The van der Waals surface area contributed by atoms with Gasteiger partial charge in [-0.2, -0.15) is 0 Å². The van der Waals surface area contributed by atoms with E-state index in [9.17, 15) is 10.4 Å². The highest BCUT2D eigenvalue weighted by Crippen LogP contribution is 2.09. The molecular weight excluding hydrogens is 252 g/mol. The Morgan fingerprint density at radius 2 is 0.950 bits per heavy atom. The summed E-state index contributed by atoms with van der Waals surface area (Å²) in [6.07, 6.45) is 3.12. The van der Waals surface area contributed by atoms with Gasteiger partial charge in [-0.3, -0.25) is 0 Å². The molecule has 0 aromatic heterocycles. The fourth-order valence-electron chi connectivity index (χ4n) is 1.33.